The van der Waals surface area contributed by atoms with Gasteiger partial charge in [0.1, 0.15) is 6.04 Å². The molecule has 27 heavy (non-hydrogen) atoms. The minimum Gasteiger partial charge on any atom is -0.480 e. The molecule has 2 unspecified atom stereocenters. The normalized spacial score (nSPS) is 19.3. The van der Waals surface area contributed by atoms with Gasteiger partial charge in [-0.2, -0.15) is 5.26 Å². The van der Waals surface area contributed by atoms with E-state index in [1.165, 1.54) is 16.7 Å². The first kappa shape index (κ1) is 18.7. The molecule has 1 heterocycles. The van der Waals surface area contributed by atoms with Gasteiger partial charge in [-0.3, -0.25) is 0 Å². The molecule has 0 aliphatic carbocycles. The smallest absolute Gasteiger partial charge is 0.327 e. The minimum atomic E-state index is -0.905. The van der Waals surface area contributed by atoms with Gasteiger partial charge in [0, 0.05) is 12.7 Å². The number of allylic oxidation sites excluding steroid dienone is 1. The van der Waals surface area contributed by atoms with Gasteiger partial charge in [-0.15, -0.1) is 0 Å². The third-order valence-electron chi connectivity index (χ3n) is 5.53. The number of carboxylic acid groups (broad SMARTS) is 1. The van der Waals surface area contributed by atoms with Crippen LogP contribution in [0.4, 0.5) is 0 Å². The van der Waals surface area contributed by atoms with Crippen LogP contribution < -0.4 is 0 Å². The second-order valence-electron chi connectivity index (χ2n) is 7.09. The first-order chi connectivity index (χ1) is 12.9. The summed E-state index contributed by atoms with van der Waals surface area (Å²) in [6.07, 6.45) is 0.639. The lowest BCUT2D eigenvalue weighted by atomic mass is 9.86. The Bertz CT molecular complexity index is 931. The van der Waals surface area contributed by atoms with Gasteiger partial charge in [-0.05, 0) is 48.1 Å². The van der Waals surface area contributed by atoms with E-state index in [9.17, 15) is 15.2 Å². The highest BCUT2D eigenvalue weighted by atomic mass is 16.4. The van der Waals surface area contributed by atoms with Crippen LogP contribution in [0.5, 0.6) is 0 Å². The number of likely N-dealkylation sites (N-methyl/N-ethyl adjacent to an activating group) is 1. The van der Waals surface area contributed by atoms with Crippen LogP contribution in [0.3, 0.4) is 0 Å². The lowest BCUT2D eigenvalue weighted by molar-refractivity contribution is -0.142. The van der Waals surface area contributed by atoms with E-state index in [0.29, 0.717) is 12.0 Å². The molecule has 4 nitrogen and oxygen atoms in total. The number of carbonyl (C=O) groups is 1. The quantitative estimate of drug-likeness (QED) is 0.863. The van der Waals surface area contributed by atoms with E-state index in [1.54, 1.807) is 11.9 Å². The second-order valence-corrected chi connectivity index (χ2v) is 7.09. The molecule has 0 saturated heterocycles. The molecule has 2 aromatic carbocycles. The standard InChI is InChI=1S/C23H24N2O2/c1-5-19-18(13-24)21(22(23(26)27)25(19)4)17-11-9-16(10-12-17)20-14(2)7-6-8-15(20)3/h6-12,21-22H,5H2,1-4H3,(H,26,27). The highest BCUT2D eigenvalue weighted by Crippen LogP contribution is 2.42. The molecule has 0 saturated carbocycles. The maximum absolute atomic E-state index is 11.9. The fourth-order valence-corrected chi connectivity index (χ4v) is 4.28. The van der Waals surface area contributed by atoms with Crippen molar-refractivity contribution in [2.24, 2.45) is 0 Å². The maximum Gasteiger partial charge on any atom is 0.327 e. The number of rotatable bonds is 4. The molecule has 4 heteroatoms. The minimum absolute atomic E-state index is 0.445. The second kappa shape index (κ2) is 7.28. The highest BCUT2D eigenvalue weighted by molar-refractivity contribution is 5.79. The van der Waals surface area contributed by atoms with Crippen LogP contribution in [0.2, 0.25) is 0 Å². The molecule has 0 bridgehead atoms. The number of hydrogen-bond acceptors (Lipinski definition) is 3. The fourth-order valence-electron chi connectivity index (χ4n) is 4.28. The lowest BCUT2D eigenvalue weighted by Gasteiger charge is -2.25. The first-order valence-corrected chi connectivity index (χ1v) is 9.16. The Morgan fingerprint density at radius 1 is 1.15 bits per heavy atom. The molecule has 0 radical (unpaired) electrons. The van der Waals surface area contributed by atoms with Crippen molar-refractivity contribution in [3.63, 3.8) is 0 Å². The van der Waals surface area contributed by atoms with Gasteiger partial charge < -0.3 is 10.0 Å². The number of aryl methyl sites for hydroxylation is 2. The van der Waals surface area contributed by atoms with Crippen molar-refractivity contribution >= 4 is 5.97 Å². The number of nitriles is 1. The van der Waals surface area contributed by atoms with Crippen LogP contribution in [0.15, 0.2) is 53.7 Å². The Morgan fingerprint density at radius 3 is 2.22 bits per heavy atom. The molecule has 1 aliphatic heterocycles. The molecule has 0 amide bonds. The molecule has 2 atom stereocenters. The Kier molecular flexibility index (Phi) is 5.05. The Hall–Kier alpha value is -3.06. The van der Waals surface area contributed by atoms with E-state index < -0.39 is 17.9 Å². The molecule has 0 aromatic heterocycles. The lowest BCUT2D eigenvalue weighted by Crippen LogP contribution is -2.37. The zero-order valence-corrected chi connectivity index (χ0v) is 16.2. The summed E-state index contributed by atoms with van der Waals surface area (Å²) in [6.45, 7) is 6.13. The monoisotopic (exact) mass is 360 g/mol. The van der Waals surface area contributed by atoms with Gasteiger partial charge >= 0.3 is 5.97 Å². The van der Waals surface area contributed by atoms with Crippen LogP contribution in [0, 0.1) is 25.2 Å². The summed E-state index contributed by atoms with van der Waals surface area (Å²) in [6, 6.07) is 15.7. The molecule has 138 valence electrons. The number of nitrogens with zero attached hydrogens (tertiary/aromatic N) is 2. The Labute approximate surface area is 160 Å². The summed E-state index contributed by atoms with van der Waals surface area (Å²) >= 11 is 0. The zero-order chi connectivity index (χ0) is 19.7. The largest absolute Gasteiger partial charge is 0.480 e. The van der Waals surface area contributed by atoms with Gasteiger partial charge in [-0.1, -0.05) is 49.4 Å². The summed E-state index contributed by atoms with van der Waals surface area (Å²) in [5.74, 6) is -1.35. The molecular formula is C23H24N2O2. The molecular weight excluding hydrogens is 336 g/mol. The Balaban J connectivity index is 2.07. The van der Waals surface area contributed by atoms with Crippen molar-refractivity contribution < 1.29 is 9.90 Å². The van der Waals surface area contributed by atoms with E-state index >= 15 is 0 Å². The maximum atomic E-state index is 11.9. The van der Waals surface area contributed by atoms with Gasteiger partial charge in [0.2, 0.25) is 0 Å². The average Bonchev–Trinajstić information content (AvgIpc) is 2.93. The van der Waals surface area contributed by atoms with E-state index in [0.717, 1.165) is 16.8 Å². The van der Waals surface area contributed by atoms with Crippen LogP contribution in [-0.2, 0) is 4.79 Å². The summed E-state index contributed by atoms with van der Waals surface area (Å²) in [5.41, 5.74) is 6.96. The SMILES string of the molecule is CCC1=C(C#N)C(c2ccc(-c3c(C)cccc3C)cc2)C(C(=O)O)N1C. The van der Waals surface area contributed by atoms with Crippen LogP contribution in [0.25, 0.3) is 11.1 Å². The molecule has 3 rings (SSSR count). The van der Waals surface area contributed by atoms with Crippen LogP contribution >= 0.6 is 0 Å². The predicted octanol–water partition coefficient (Wildman–Crippen LogP) is 4.64. The molecule has 1 N–H and O–H groups in total. The topological polar surface area (TPSA) is 64.3 Å². The average molecular weight is 360 g/mol. The summed E-state index contributed by atoms with van der Waals surface area (Å²) < 4.78 is 0. The molecule has 0 spiro atoms. The van der Waals surface area contributed by atoms with Gasteiger partial charge in [0.15, 0.2) is 0 Å². The molecule has 2 aromatic rings. The third-order valence-corrected chi connectivity index (χ3v) is 5.53. The van der Waals surface area contributed by atoms with Crippen molar-refractivity contribution in [3.05, 3.63) is 70.4 Å². The van der Waals surface area contributed by atoms with Crippen molar-refractivity contribution in [1.29, 1.82) is 5.26 Å². The number of benzene rings is 2. The van der Waals surface area contributed by atoms with E-state index in [-0.39, 0.29) is 0 Å². The van der Waals surface area contributed by atoms with E-state index in [4.69, 9.17) is 0 Å². The molecule has 0 fully saturated rings. The highest BCUT2D eigenvalue weighted by Gasteiger charge is 2.43. The van der Waals surface area contributed by atoms with E-state index in [1.807, 2.05) is 37.3 Å². The van der Waals surface area contributed by atoms with Crippen molar-refractivity contribution in [3.8, 4) is 17.2 Å². The van der Waals surface area contributed by atoms with Crippen LogP contribution in [0.1, 0.15) is 36.0 Å². The molecule has 1 aliphatic rings. The van der Waals surface area contributed by atoms with Gasteiger partial charge in [0.25, 0.3) is 0 Å². The van der Waals surface area contributed by atoms with Crippen molar-refractivity contribution in [2.45, 2.75) is 39.2 Å². The van der Waals surface area contributed by atoms with Crippen molar-refractivity contribution in [1.82, 2.24) is 4.90 Å². The van der Waals surface area contributed by atoms with Crippen LogP contribution in [-0.4, -0.2) is 29.1 Å². The Morgan fingerprint density at radius 2 is 1.74 bits per heavy atom. The van der Waals surface area contributed by atoms with E-state index in [2.05, 4.69) is 32.0 Å². The zero-order valence-electron chi connectivity index (χ0n) is 16.2. The summed E-state index contributed by atoms with van der Waals surface area (Å²) in [5, 5.41) is 19.5. The third kappa shape index (κ3) is 3.10. The number of hydrogen-bond donors (Lipinski definition) is 1. The van der Waals surface area contributed by atoms with Gasteiger partial charge in [-0.25, -0.2) is 4.79 Å². The number of aliphatic carboxylic acids is 1. The first-order valence-electron chi connectivity index (χ1n) is 9.16. The van der Waals surface area contributed by atoms with Crippen molar-refractivity contribution in [2.75, 3.05) is 7.05 Å². The summed E-state index contributed by atoms with van der Waals surface area (Å²) in [4.78, 5) is 13.7. The predicted molar refractivity (Wildman–Crippen MR) is 106 cm³/mol. The fraction of sp³-hybridized carbons (Fsp3) is 0.304. The summed E-state index contributed by atoms with van der Waals surface area (Å²) in [7, 11) is 1.76. The van der Waals surface area contributed by atoms with Gasteiger partial charge in [0.05, 0.1) is 17.6 Å². The number of carboxylic acids is 1.